The van der Waals surface area contributed by atoms with Crippen LogP contribution in [0.15, 0.2) is 0 Å². The third kappa shape index (κ3) is 7.17. The maximum absolute atomic E-state index is 5.24. The second-order valence-electron chi connectivity index (χ2n) is 1.12. The van der Waals surface area contributed by atoms with Crippen molar-refractivity contribution < 1.29 is 0 Å². The highest BCUT2D eigenvalue weighted by Crippen LogP contribution is 2.22. The van der Waals surface area contributed by atoms with E-state index in [-0.39, 0.29) is 0 Å². The van der Waals surface area contributed by atoms with Crippen molar-refractivity contribution in [3.63, 3.8) is 0 Å². The Hall–Kier alpha value is 1.17. The molecule has 0 amide bonds. The van der Waals surface area contributed by atoms with Crippen molar-refractivity contribution in [3.05, 3.63) is 0 Å². The molecule has 0 spiro atoms. The summed E-state index contributed by atoms with van der Waals surface area (Å²) in [5, 5.41) is 0. The summed E-state index contributed by atoms with van der Waals surface area (Å²) in [6, 6.07) is 0. The van der Waals surface area contributed by atoms with Crippen LogP contribution in [0.3, 0.4) is 0 Å². The molecule has 0 fully saturated rings. The highest BCUT2D eigenvalue weighted by Gasteiger charge is 1.88. The van der Waals surface area contributed by atoms with Crippen LogP contribution in [0.4, 0.5) is 0 Å². The predicted octanol–water partition coefficient (Wildman–Crippen LogP) is 0.712. The van der Waals surface area contributed by atoms with Crippen LogP contribution in [0.2, 0.25) is 0 Å². The lowest BCUT2D eigenvalue weighted by Gasteiger charge is -1.99. The van der Waals surface area contributed by atoms with E-state index in [4.69, 9.17) is 5.73 Å². The van der Waals surface area contributed by atoms with Gasteiger partial charge in [0.2, 0.25) is 0 Å². The molecule has 44 valence electrons. The van der Waals surface area contributed by atoms with Gasteiger partial charge in [-0.25, -0.2) is 0 Å². The van der Waals surface area contributed by atoms with Gasteiger partial charge in [0.25, 0.3) is 0 Å². The molecule has 0 aromatic rings. The number of nitrogens with two attached hydrogens (primary N) is 1. The van der Waals surface area contributed by atoms with E-state index in [1.807, 2.05) is 11.8 Å². The van der Waals surface area contributed by atoms with Crippen molar-refractivity contribution in [2.45, 2.75) is 4.73 Å². The quantitative estimate of drug-likeness (QED) is 0.607. The molecule has 0 aliphatic heterocycles. The maximum atomic E-state index is 5.24. The first-order chi connectivity index (χ1) is 3.27. The van der Waals surface area contributed by atoms with E-state index in [0.717, 1.165) is 12.3 Å². The van der Waals surface area contributed by atoms with Crippen LogP contribution in [0, 0.1) is 0 Å². The molecule has 0 radical (unpaired) electrons. The molecule has 0 aliphatic carbocycles. The largest absolute Gasteiger partial charge is 0.330 e. The van der Waals surface area contributed by atoms with Gasteiger partial charge >= 0.3 is 0 Å². The van der Waals surface area contributed by atoms with Crippen LogP contribution >= 0.6 is 30.2 Å². The molecular formula is C3H11NP2S. The number of hydrogen-bond donors (Lipinski definition) is 1. The molecule has 0 aliphatic rings. The summed E-state index contributed by atoms with van der Waals surface area (Å²) < 4.78 is 0.573. The van der Waals surface area contributed by atoms with Crippen LogP contribution in [-0.2, 0) is 0 Å². The average molecular weight is 155 g/mol. The molecule has 2 N–H and O–H groups in total. The Balaban J connectivity index is 2.68. The molecule has 0 aromatic carbocycles. The Labute approximate surface area is 53.6 Å². The van der Waals surface area contributed by atoms with E-state index in [9.17, 15) is 0 Å². The van der Waals surface area contributed by atoms with Gasteiger partial charge < -0.3 is 5.73 Å². The van der Waals surface area contributed by atoms with Gasteiger partial charge in [-0.1, -0.05) is 0 Å². The van der Waals surface area contributed by atoms with Gasteiger partial charge in [0, 0.05) is 17.0 Å². The topological polar surface area (TPSA) is 26.0 Å². The van der Waals surface area contributed by atoms with Crippen LogP contribution in [0.1, 0.15) is 0 Å². The third-order valence-electron chi connectivity index (χ3n) is 0.428. The van der Waals surface area contributed by atoms with Gasteiger partial charge in [0.15, 0.2) is 0 Å². The second kappa shape index (κ2) is 5.31. The van der Waals surface area contributed by atoms with Crippen molar-refractivity contribution in [2.75, 3.05) is 12.3 Å². The van der Waals surface area contributed by atoms with Gasteiger partial charge in [-0.15, -0.1) is 30.2 Å². The minimum atomic E-state index is 0.573. The van der Waals surface area contributed by atoms with Gasteiger partial charge in [-0.3, -0.25) is 0 Å². The zero-order valence-corrected chi connectivity index (χ0v) is 7.26. The average Bonchev–Trinajstić information content (AvgIpc) is 1.61. The molecule has 0 rings (SSSR count). The molecule has 0 saturated carbocycles. The monoisotopic (exact) mass is 155 g/mol. The highest BCUT2D eigenvalue weighted by molar-refractivity contribution is 8.07. The number of thioether (sulfide) groups is 1. The number of hydrogen-bond acceptors (Lipinski definition) is 2. The predicted molar refractivity (Wildman–Crippen MR) is 44.7 cm³/mol. The zero-order valence-electron chi connectivity index (χ0n) is 4.13. The van der Waals surface area contributed by atoms with E-state index in [1.165, 1.54) is 0 Å². The lowest BCUT2D eigenvalue weighted by atomic mass is 10.8. The Kier molecular flexibility index (Phi) is 6.20. The SMILES string of the molecule is NCCSC(P)P. The first-order valence-corrected chi connectivity index (χ1v) is 4.48. The summed E-state index contributed by atoms with van der Waals surface area (Å²) in [6.07, 6.45) is 0. The van der Waals surface area contributed by atoms with Crippen LogP contribution in [0.5, 0.6) is 0 Å². The molecular weight excluding hydrogens is 144 g/mol. The van der Waals surface area contributed by atoms with Gasteiger partial charge in [-0.2, -0.15) is 0 Å². The smallest absolute Gasteiger partial charge is 0.0330 e. The Bertz CT molecular complexity index is 41.9. The van der Waals surface area contributed by atoms with E-state index < -0.39 is 0 Å². The second-order valence-corrected chi connectivity index (χ2v) is 5.58. The van der Waals surface area contributed by atoms with Gasteiger partial charge in [-0.05, 0) is 0 Å². The summed E-state index contributed by atoms with van der Waals surface area (Å²) in [5.74, 6) is 1.05. The van der Waals surface area contributed by atoms with Crippen LogP contribution < -0.4 is 5.73 Å². The van der Waals surface area contributed by atoms with Crippen molar-refractivity contribution in [2.24, 2.45) is 5.73 Å². The summed E-state index contributed by atoms with van der Waals surface area (Å²) >= 11 is 1.83. The van der Waals surface area contributed by atoms with Crippen molar-refractivity contribution in [1.29, 1.82) is 0 Å². The van der Waals surface area contributed by atoms with E-state index in [1.54, 1.807) is 0 Å². The molecule has 7 heavy (non-hydrogen) atoms. The third-order valence-corrected chi connectivity index (χ3v) is 2.44. The lowest BCUT2D eigenvalue weighted by molar-refractivity contribution is 1.15. The molecule has 1 nitrogen and oxygen atoms in total. The van der Waals surface area contributed by atoms with Gasteiger partial charge in [0.05, 0.1) is 0 Å². The minimum Gasteiger partial charge on any atom is -0.330 e. The first kappa shape index (κ1) is 8.17. The molecule has 0 aromatic heterocycles. The fourth-order valence-electron chi connectivity index (χ4n) is 0.204. The molecule has 2 atom stereocenters. The summed E-state index contributed by atoms with van der Waals surface area (Å²) in [4.78, 5) is 0. The number of rotatable bonds is 3. The van der Waals surface area contributed by atoms with Crippen LogP contribution in [-0.4, -0.2) is 17.0 Å². The zero-order chi connectivity index (χ0) is 5.70. The fourth-order valence-corrected chi connectivity index (χ4v) is 1.43. The highest BCUT2D eigenvalue weighted by atomic mass is 32.2. The van der Waals surface area contributed by atoms with E-state index in [0.29, 0.717) is 4.73 Å². The minimum absolute atomic E-state index is 0.573. The molecule has 0 saturated heterocycles. The molecule has 0 heterocycles. The summed E-state index contributed by atoms with van der Waals surface area (Å²) in [6.45, 7) is 0.782. The van der Waals surface area contributed by atoms with Crippen molar-refractivity contribution in [3.8, 4) is 0 Å². The molecule has 0 bridgehead atoms. The summed E-state index contributed by atoms with van der Waals surface area (Å²) in [7, 11) is 5.36. The Morgan fingerprint density at radius 3 is 2.29 bits per heavy atom. The Morgan fingerprint density at radius 2 is 2.14 bits per heavy atom. The normalized spacial score (nSPS) is 10.3. The molecule has 2 unspecified atom stereocenters. The standard InChI is InChI=1S/C3H11NP2S/c4-1-2-7-3(5)6/h3H,1-2,4-6H2. The lowest BCUT2D eigenvalue weighted by Crippen LogP contribution is -2.01. The van der Waals surface area contributed by atoms with E-state index >= 15 is 0 Å². The van der Waals surface area contributed by atoms with Crippen LogP contribution in [0.25, 0.3) is 0 Å². The van der Waals surface area contributed by atoms with Crippen molar-refractivity contribution >= 4 is 30.2 Å². The fraction of sp³-hybridized carbons (Fsp3) is 1.00. The van der Waals surface area contributed by atoms with Gasteiger partial charge in [0.1, 0.15) is 0 Å². The van der Waals surface area contributed by atoms with E-state index in [2.05, 4.69) is 18.5 Å². The molecule has 4 heteroatoms. The first-order valence-electron chi connectivity index (χ1n) is 2.10. The van der Waals surface area contributed by atoms with Crippen molar-refractivity contribution in [1.82, 2.24) is 0 Å². The Morgan fingerprint density at radius 1 is 1.57 bits per heavy atom. The summed E-state index contributed by atoms with van der Waals surface area (Å²) in [5.41, 5.74) is 5.24. The maximum Gasteiger partial charge on any atom is 0.0330 e.